The van der Waals surface area contributed by atoms with Gasteiger partial charge >= 0.3 is 0 Å². The molecule has 0 unspecified atom stereocenters. The predicted molar refractivity (Wildman–Crippen MR) is 236 cm³/mol. The van der Waals surface area contributed by atoms with Crippen LogP contribution in [0.3, 0.4) is 0 Å². The van der Waals surface area contributed by atoms with Crippen molar-refractivity contribution in [3.05, 3.63) is 170 Å². The van der Waals surface area contributed by atoms with E-state index in [9.17, 15) is 0 Å². The fourth-order valence-electron chi connectivity index (χ4n) is 10.0. The molecule has 0 N–H and O–H groups in total. The number of nitrogens with zero attached hydrogens (tertiary/aromatic N) is 4. The minimum Gasteiger partial charge on any atom is -0.454 e. The average molecular weight is 725 g/mol. The Bertz CT molecular complexity index is 4040. The Morgan fingerprint density at radius 1 is 0.404 bits per heavy atom. The first-order valence-electron chi connectivity index (χ1n) is 19.4. The van der Waals surface area contributed by atoms with E-state index in [0.717, 1.165) is 76.8 Å². The van der Waals surface area contributed by atoms with E-state index in [1.807, 2.05) is 6.07 Å². The maximum atomic E-state index is 6.97. The molecule has 0 saturated carbocycles. The first kappa shape index (κ1) is 29.6. The van der Waals surface area contributed by atoms with Crippen molar-refractivity contribution in [2.24, 2.45) is 0 Å². The van der Waals surface area contributed by atoms with Gasteiger partial charge in [-0.3, -0.25) is 4.57 Å². The van der Waals surface area contributed by atoms with Crippen molar-refractivity contribution >= 4 is 114 Å². The molecule has 5 aromatic heterocycles. The van der Waals surface area contributed by atoms with Crippen molar-refractivity contribution in [1.29, 1.82) is 0 Å². The van der Waals surface area contributed by atoms with Crippen molar-refractivity contribution in [1.82, 2.24) is 18.9 Å². The van der Waals surface area contributed by atoms with Crippen molar-refractivity contribution in [3.63, 3.8) is 0 Å². The van der Waals surface area contributed by atoms with Crippen LogP contribution in [-0.4, -0.2) is 18.9 Å². The van der Waals surface area contributed by atoms with Gasteiger partial charge in [-0.05, 0) is 63.3 Å². The van der Waals surface area contributed by atoms with E-state index in [1.165, 1.54) is 48.7 Å². The highest BCUT2D eigenvalue weighted by atomic mass is 16.3. The van der Waals surface area contributed by atoms with E-state index in [1.54, 1.807) is 0 Å². The molecule has 14 aromatic rings. The second kappa shape index (κ2) is 10.5. The summed E-state index contributed by atoms with van der Waals surface area (Å²) in [5.41, 5.74) is 10.0. The highest BCUT2D eigenvalue weighted by Gasteiger charge is 2.27. The van der Waals surface area contributed by atoms with Crippen molar-refractivity contribution in [3.8, 4) is 17.2 Å². The maximum absolute atomic E-state index is 6.97. The number of rotatable bonds is 2. The van der Waals surface area contributed by atoms with E-state index in [4.69, 9.17) is 14.4 Å². The fourth-order valence-corrected chi connectivity index (χ4v) is 10.0. The Balaban J connectivity index is 1.26. The van der Waals surface area contributed by atoms with Crippen LogP contribution in [0, 0.1) is 0 Å². The first-order valence-corrected chi connectivity index (χ1v) is 19.4. The monoisotopic (exact) mass is 724 g/mol. The Morgan fingerprint density at radius 2 is 1.11 bits per heavy atom. The SMILES string of the molecule is c1ccc(-c2nc(-n3c4cccc5c6cccc7c8cc9ccccc9cc8n(c8cc9c%10ccccc%10oc9c3c8c54)c67)nc3ccc4ccccc4c23)cc1. The number of hydrogen-bond acceptors (Lipinski definition) is 3. The van der Waals surface area contributed by atoms with Gasteiger partial charge in [0.2, 0.25) is 5.95 Å². The van der Waals surface area contributed by atoms with Gasteiger partial charge in [-0.2, -0.15) is 0 Å². The molecule has 0 radical (unpaired) electrons. The molecule has 0 aliphatic carbocycles. The van der Waals surface area contributed by atoms with Crippen LogP contribution < -0.4 is 0 Å². The van der Waals surface area contributed by atoms with Gasteiger partial charge in [-0.1, -0.05) is 133 Å². The van der Waals surface area contributed by atoms with Gasteiger partial charge in [0.15, 0.2) is 5.58 Å². The summed E-state index contributed by atoms with van der Waals surface area (Å²) < 4.78 is 11.8. The molecular formula is C52H28N4O. The van der Waals surface area contributed by atoms with Crippen LogP contribution in [0.1, 0.15) is 0 Å². The zero-order valence-corrected chi connectivity index (χ0v) is 30.4. The molecule has 0 spiro atoms. The summed E-state index contributed by atoms with van der Waals surface area (Å²) in [5, 5.41) is 15.1. The average Bonchev–Trinajstić information content (AvgIpc) is 3.90. The Morgan fingerprint density at radius 3 is 1.98 bits per heavy atom. The molecule has 0 saturated heterocycles. The summed E-state index contributed by atoms with van der Waals surface area (Å²) in [6.45, 7) is 0. The van der Waals surface area contributed by atoms with E-state index in [-0.39, 0.29) is 0 Å². The molecule has 0 atom stereocenters. The predicted octanol–water partition coefficient (Wildman–Crippen LogP) is 13.7. The minimum absolute atomic E-state index is 0.607. The van der Waals surface area contributed by atoms with Crippen LogP contribution in [0.15, 0.2) is 174 Å². The number of hydrogen-bond donors (Lipinski definition) is 0. The van der Waals surface area contributed by atoms with Gasteiger partial charge in [-0.25, -0.2) is 9.97 Å². The van der Waals surface area contributed by atoms with Crippen LogP contribution >= 0.6 is 0 Å². The van der Waals surface area contributed by atoms with Gasteiger partial charge in [0.05, 0.1) is 33.3 Å². The van der Waals surface area contributed by atoms with Gasteiger partial charge in [0.1, 0.15) is 11.1 Å². The first-order chi connectivity index (χ1) is 28.3. The summed E-state index contributed by atoms with van der Waals surface area (Å²) in [6.07, 6.45) is 0. The number of benzene rings is 9. The van der Waals surface area contributed by atoms with E-state index < -0.39 is 0 Å². The molecule has 57 heavy (non-hydrogen) atoms. The summed E-state index contributed by atoms with van der Waals surface area (Å²) in [5.74, 6) is 0.607. The normalized spacial score (nSPS) is 12.6. The molecule has 0 amide bonds. The smallest absolute Gasteiger partial charge is 0.235 e. The summed E-state index contributed by atoms with van der Waals surface area (Å²) in [4.78, 5) is 11.1. The molecular weight excluding hydrogens is 697 g/mol. The molecule has 0 fully saturated rings. The lowest BCUT2D eigenvalue weighted by atomic mass is 10.0. The Hall–Kier alpha value is -7.76. The molecule has 262 valence electrons. The van der Waals surface area contributed by atoms with E-state index in [0.29, 0.717) is 5.95 Å². The molecule has 0 aliphatic rings. The second-order valence-corrected chi connectivity index (χ2v) is 15.3. The molecule has 5 nitrogen and oxygen atoms in total. The highest BCUT2D eigenvalue weighted by Crippen LogP contribution is 2.48. The minimum atomic E-state index is 0.607. The second-order valence-electron chi connectivity index (χ2n) is 15.3. The third kappa shape index (κ3) is 3.73. The van der Waals surface area contributed by atoms with Crippen molar-refractivity contribution in [2.75, 3.05) is 0 Å². The van der Waals surface area contributed by atoms with Crippen LogP contribution in [-0.2, 0) is 0 Å². The van der Waals surface area contributed by atoms with Gasteiger partial charge in [-0.15, -0.1) is 0 Å². The number of aromatic nitrogens is 4. The Kier molecular flexibility index (Phi) is 5.45. The van der Waals surface area contributed by atoms with Gasteiger partial charge in [0.25, 0.3) is 0 Å². The number of fused-ring (bicyclic) bond motifs is 13. The molecule has 0 aliphatic heterocycles. The van der Waals surface area contributed by atoms with Crippen LogP contribution in [0.2, 0.25) is 0 Å². The zero-order valence-electron chi connectivity index (χ0n) is 30.4. The number of para-hydroxylation sites is 2. The van der Waals surface area contributed by atoms with Crippen LogP contribution in [0.4, 0.5) is 0 Å². The maximum Gasteiger partial charge on any atom is 0.235 e. The van der Waals surface area contributed by atoms with Crippen molar-refractivity contribution in [2.45, 2.75) is 0 Å². The number of furan rings is 1. The quantitative estimate of drug-likeness (QED) is 0.167. The lowest BCUT2D eigenvalue weighted by molar-refractivity contribution is 0.671. The molecule has 14 rings (SSSR count). The van der Waals surface area contributed by atoms with E-state index in [2.05, 4.69) is 173 Å². The summed E-state index contributed by atoms with van der Waals surface area (Å²) in [6, 6.07) is 61.0. The van der Waals surface area contributed by atoms with Gasteiger partial charge in [0, 0.05) is 48.7 Å². The zero-order chi connectivity index (χ0) is 36.9. The lowest BCUT2D eigenvalue weighted by Gasteiger charge is -2.14. The van der Waals surface area contributed by atoms with Gasteiger partial charge < -0.3 is 8.82 Å². The summed E-state index contributed by atoms with van der Waals surface area (Å²) >= 11 is 0. The van der Waals surface area contributed by atoms with Crippen LogP contribution in [0.25, 0.3) is 131 Å². The topological polar surface area (TPSA) is 48.3 Å². The molecule has 5 heterocycles. The lowest BCUT2D eigenvalue weighted by Crippen LogP contribution is -2.04. The molecule has 0 bridgehead atoms. The third-order valence-corrected chi connectivity index (χ3v) is 12.4. The van der Waals surface area contributed by atoms with Crippen LogP contribution in [0.5, 0.6) is 0 Å². The highest BCUT2D eigenvalue weighted by molar-refractivity contribution is 6.35. The standard InChI is InChI=1S/C52H28N4O/c1-2-13-30(14-3-1)48-45-33-17-7-6-12-29(33)24-25-40(45)53-52(54-48)56-41-22-11-19-35-36-20-10-21-37-38-26-31-15-4-5-16-32(31)27-42(38)55(49(36)37)43-28-39-34-18-8-9-23-44(34)57-51(39)50(56)47(43)46(35)41/h1-28H. The molecule has 9 aromatic carbocycles. The fraction of sp³-hybridized carbons (Fsp3) is 0. The van der Waals surface area contributed by atoms with Crippen molar-refractivity contribution < 1.29 is 4.42 Å². The largest absolute Gasteiger partial charge is 0.454 e. The molecule has 5 heteroatoms. The Labute approximate surface area is 323 Å². The summed E-state index contributed by atoms with van der Waals surface area (Å²) in [7, 11) is 0. The third-order valence-electron chi connectivity index (χ3n) is 12.4. The van der Waals surface area contributed by atoms with E-state index >= 15 is 0 Å².